The molecular weight excluding hydrogens is 248 g/mol. The molecule has 4 nitrogen and oxygen atoms in total. The lowest BCUT2D eigenvalue weighted by Crippen LogP contribution is -1.95. The lowest BCUT2D eigenvalue weighted by atomic mass is 10.2. The number of hydrogen-bond donors (Lipinski definition) is 1. The van der Waals surface area contributed by atoms with Crippen molar-refractivity contribution in [2.75, 3.05) is 5.32 Å². The standard InChI is InChI=1S/C16H14N4/c1-12-4-6-14(7-5-12)20-16-9-15(18-11-19-16)13-3-2-8-17-10-13/h2-11H,1H3,(H,18,19,20). The molecule has 3 aromatic rings. The molecule has 0 radical (unpaired) electrons. The van der Waals surface area contributed by atoms with E-state index in [0.29, 0.717) is 0 Å². The molecule has 1 aromatic carbocycles. The molecule has 0 aliphatic carbocycles. The number of hydrogen-bond acceptors (Lipinski definition) is 4. The van der Waals surface area contributed by atoms with Crippen LogP contribution in [-0.2, 0) is 0 Å². The van der Waals surface area contributed by atoms with Gasteiger partial charge in [0.05, 0.1) is 5.69 Å². The first-order valence-electron chi connectivity index (χ1n) is 6.37. The third-order valence-corrected chi connectivity index (χ3v) is 2.95. The highest BCUT2D eigenvalue weighted by Gasteiger charge is 2.02. The highest BCUT2D eigenvalue weighted by molar-refractivity contribution is 5.64. The molecule has 0 amide bonds. The largest absolute Gasteiger partial charge is 0.340 e. The maximum Gasteiger partial charge on any atom is 0.134 e. The summed E-state index contributed by atoms with van der Waals surface area (Å²) in [6, 6.07) is 14.0. The maximum atomic E-state index is 4.27. The second-order valence-corrected chi connectivity index (χ2v) is 4.52. The predicted octanol–water partition coefficient (Wildman–Crippen LogP) is 3.59. The molecular formula is C16H14N4. The quantitative estimate of drug-likeness (QED) is 0.783. The van der Waals surface area contributed by atoms with E-state index in [2.05, 4.69) is 39.3 Å². The van der Waals surface area contributed by atoms with E-state index in [1.165, 1.54) is 5.56 Å². The number of nitrogens with one attached hydrogen (secondary N) is 1. The zero-order chi connectivity index (χ0) is 13.8. The van der Waals surface area contributed by atoms with E-state index in [-0.39, 0.29) is 0 Å². The second-order valence-electron chi connectivity index (χ2n) is 4.52. The molecule has 0 atom stereocenters. The molecule has 3 rings (SSSR count). The van der Waals surface area contributed by atoms with Gasteiger partial charge in [0.2, 0.25) is 0 Å². The number of nitrogens with zero attached hydrogens (tertiary/aromatic N) is 3. The van der Waals surface area contributed by atoms with Crippen molar-refractivity contribution in [3.05, 3.63) is 66.7 Å². The van der Waals surface area contributed by atoms with Gasteiger partial charge in [-0.3, -0.25) is 4.98 Å². The summed E-state index contributed by atoms with van der Waals surface area (Å²) in [6.45, 7) is 2.06. The Hall–Kier alpha value is -2.75. The van der Waals surface area contributed by atoms with Crippen LogP contribution in [0.3, 0.4) is 0 Å². The van der Waals surface area contributed by atoms with E-state index in [1.54, 1.807) is 18.7 Å². The monoisotopic (exact) mass is 262 g/mol. The second kappa shape index (κ2) is 5.48. The Kier molecular flexibility index (Phi) is 3.37. The summed E-state index contributed by atoms with van der Waals surface area (Å²) >= 11 is 0. The van der Waals surface area contributed by atoms with Crippen LogP contribution in [0.2, 0.25) is 0 Å². The molecule has 4 heteroatoms. The zero-order valence-corrected chi connectivity index (χ0v) is 11.1. The van der Waals surface area contributed by atoms with E-state index in [9.17, 15) is 0 Å². The first kappa shape index (κ1) is 12.3. The summed E-state index contributed by atoms with van der Waals surface area (Å²) in [5.41, 5.74) is 4.06. The molecule has 2 aromatic heterocycles. The lowest BCUT2D eigenvalue weighted by Gasteiger charge is -2.07. The predicted molar refractivity (Wildman–Crippen MR) is 79.7 cm³/mol. The van der Waals surface area contributed by atoms with Crippen LogP contribution >= 0.6 is 0 Å². The maximum absolute atomic E-state index is 4.27. The molecule has 98 valence electrons. The van der Waals surface area contributed by atoms with Crippen molar-refractivity contribution in [3.63, 3.8) is 0 Å². The highest BCUT2D eigenvalue weighted by Crippen LogP contribution is 2.20. The Morgan fingerprint density at radius 3 is 2.60 bits per heavy atom. The summed E-state index contributed by atoms with van der Waals surface area (Å²) in [7, 11) is 0. The average Bonchev–Trinajstić information content (AvgIpc) is 2.51. The smallest absolute Gasteiger partial charge is 0.134 e. The molecule has 0 unspecified atom stereocenters. The summed E-state index contributed by atoms with van der Waals surface area (Å²) in [5.74, 6) is 0.766. The third kappa shape index (κ3) is 2.80. The van der Waals surface area contributed by atoms with Crippen LogP contribution in [0.25, 0.3) is 11.3 Å². The lowest BCUT2D eigenvalue weighted by molar-refractivity contribution is 1.16. The molecule has 2 heterocycles. The van der Waals surface area contributed by atoms with Crippen molar-refractivity contribution in [2.45, 2.75) is 6.92 Å². The van der Waals surface area contributed by atoms with Crippen LogP contribution in [-0.4, -0.2) is 15.0 Å². The first-order valence-corrected chi connectivity index (χ1v) is 6.37. The number of anilines is 2. The molecule has 0 spiro atoms. The summed E-state index contributed by atoms with van der Waals surface area (Å²) in [4.78, 5) is 12.6. The molecule has 1 N–H and O–H groups in total. The highest BCUT2D eigenvalue weighted by atomic mass is 15.0. The summed E-state index contributed by atoms with van der Waals surface area (Å²) < 4.78 is 0. The Bertz CT molecular complexity index is 693. The van der Waals surface area contributed by atoms with Crippen LogP contribution in [0.1, 0.15) is 5.56 Å². The average molecular weight is 262 g/mol. The number of pyridine rings is 1. The molecule has 20 heavy (non-hydrogen) atoms. The van der Waals surface area contributed by atoms with Crippen LogP contribution in [0, 0.1) is 6.92 Å². The minimum Gasteiger partial charge on any atom is -0.340 e. The van der Waals surface area contributed by atoms with Gasteiger partial charge in [-0.25, -0.2) is 9.97 Å². The van der Waals surface area contributed by atoms with Crippen LogP contribution in [0.4, 0.5) is 11.5 Å². The van der Waals surface area contributed by atoms with Crippen LogP contribution < -0.4 is 5.32 Å². The van der Waals surface area contributed by atoms with Crippen molar-refractivity contribution in [3.8, 4) is 11.3 Å². The molecule has 0 bridgehead atoms. The van der Waals surface area contributed by atoms with Crippen LogP contribution in [0.5, 0.6) is 0 Å². The van der Waals surface area contributed by atoms with E-state index in [4.69, 9.17) is 0 Å². The minimum absolute atomic E-state index is 0.766. The van der Waals surface area contributed by atoms with E-state index in [1.807, 2.05) is 30.3 Å². The SMILES string of the molecule is Cc1ccc(Nc2cc(-c3cccnc3)ncn2)cc1. The molecule has 0 aliphatic rings. The van der Waals surface area contributed by atoms with Gasteiger partial charge in [-0.2, -0.15) is 0 Å². The third-order valence-electron chi connectivity index (χ3n) is 2.95. The molecule has 0 saturated heterocycles. The van der Waals surface area contributed by atoms with Gasteiger partial charge >= 0.3 is 0 Å². The fraction of sp³-hybridized carbons (Fsp3) is 0.0625. The van der Waals surface area contributed by atoms with Crippen molar-refractivity contribution < 1.29 is 0 Å². The van der Waals surface area contributed by atoms with E-state index in [0.717, 1.165) is 22.8 Å². The fourth-order valence-electron chi connectivity index (χ4n) is 1.88. The van der Waals surface area contributed by atoms with Gasteiger partial charge in [-0.1, -0.05) is 17.7 Å². The number of aromatic nitrogens is 3. The minimum atomic E-state index is 0.766. The zero-order valence-electron chi connectivity index (χ0n) is 11.1. The topological polar surface area (TPSA) is 50.7 Å². The Balaban J connectivity index is 1.86. The van der Waals surface area contributed by atoms with Gasteiger partial charge in [0, 0.05) is 29.7 Å². The molecule has 0 saturated carbocycles. The molecule has 0 fully saturated rings. The van der Waals surface area contributed by atoms with Crippen molar-refractivity contribution in [1.82, 2.24) is 15.0 Å². The normalized spacial score (nSPS) is 10.2. The van der Waals surface area contributed by atoms with E-state index < -0.39 is 0 Å². The summed E-state index contributed by atoms with van der Waals surface area (Å²) in [6.07, 6.45) is 5.09. The Morgan fingerprint density at radius 1 is 1.00 bits per heavy atom. The first-order chi connectivity index (χ1) is 9.81. The summed E-state index contributed by atoms with van der Waals surface area (Å²) in [5, 5.41) is 3.27. The van der Waals surface area contributed by atoms with Crippen molar-refractivity contribution in [2.24, 2.45) is 0 Å². The van der Waals surface area contributed by atoms with Gasteiger partial charge in [-0.15, -0.1) is 0 Å². The number of rotatable bonds is 3. The van der Waals surface area contributed by atoms with Crippen molar-refractivity contribution >= 4 is 11.5 Å². The fourth-order valence-corrected chi connectivity index (χ4v) is 1.88. The van der Waals surface area contributed by atoms with Gasteiger partial charge < -0.3 is 5.32 Å². The van der Waals surface area contributed by atoms with Crippen molar-refractivity contribution in [1.29, 1.82) is 0 Å². The molecule has 0 aliphatic heterocycles. The number of aryl methyl sites for hydroxylation is 1. The van der Waals surface area contributed by atoms with Gasteiger partial charge in [0.15, 0.2) is 0 Å². The van der Waals surface area contributed by atoms with E-state index >= 15 is 0 Å². The number of benzene rings is 1. The van der Waals surface area contributed by atoms with Gasteiger partial charge in [-0.05, 0) is 31.2 Å². The Labute approximate surface area is 117 Å². The Morgan fingerprint density at radius 2 is 1.85 bits per heavy atom. The van der Waals surface area contributed by atoms with Crippen LogP contribution in [0.15, 0.2) is 61.2 Å². The van der Waals surface area contributed by atoms with Gasteiger partial charge in [0.1, 0.15) is 12.1 Å². The van der Waals surface area contributed by atoms with Gasteiger partial charge in [0.25, 0.3) is 0 Å².